The molecule has 1 heterocycles. The number of nitrogens with zero attached hydrogens (tertiary/aromatic N) is 2. The summed E-state index contributed by atoms with van der Waals surface area (Å²) in [6.07, 6.45) is 0. The summed E-state index contributed by atoms with van der Waals surface area (Å²) in [6.45, 7) is 0. The highest BCUT2D eigenvalue weighted by Crippen LogP contribution is 2.12. The standard InChI is InChI=1S/C9H6ClN3O2S/c10-6-3-1-5(2-4-6)7(14)13-9(15)12-8(11)16-13/h1-4H,(H2,11,12,15). The lowest BCUT2D eigenvalue weighted by atomic mass is 10.2. The maximum absolute atomic E-state index is 11.8. The molecule has 0 saturated heterocycles. The van der Waals surface area contributed by atoms with E-state index in [1.807, 2.05) is 0 Å². The maximum atomic E-state index is 11.8. The Hall–Kier alpha value is -1.66. The molecule has 5 nitrogen and oxygen atoms in total. The molecule has 0 spiro atoms. The zero-order valence-corrected chi connectivity index (χ0v) is 9.46. The van der Waals surface area contributed by atoms with E-state index in [0.29, 0.717) is 10.6 Å². The fraction of sp³-hybridized carbons (Fsp3) is 0. The number of hydrogen-bond acceptors (Lipinski definition) is 5. The van der Waals surface area contributed by atoms with Gasteiger partial charge in [-0.1, -0.05) is 11.6 Å². The summed E-state index contributed by atoms with van der Waals surface area (Å²) < 4.78 is 0.901. The second kappa shape index (κ2) is 4.07. The minimum absolute atomic E-state index is 0.0623. The zero-order chi connectivity index (χ0) is 11.7. The molecule has 2 rings (SSSR count). The van der Waals surface area contributed by atoms with Crippen LogP contribution in [0.4, 0.5) is 5.13 Å². The van der Waals surface area contributed by atoms with Crippen molar-refractivity contribution in [2.75, 3.05) is 5.73 Å². The van der Waals surface area contributed by atoms with Crippen LogP contribution in [-0.4, -0.2) is 14.8 Å². The topological polar surface area (TPSA) is 78.0 Å². The van der Waals surface area contributed by atoms with Gasteiger partial charge in [0.25, 0.3) is 5.91 Å². The minimum Gasteiger partial charge on any atom is -0.374 e. The fourth-order valence-corrected chi connectivity index (χ4v) is 1.87. The number of carbonyl (C=O) groups is 1. The molecule has 0 fully saturated rings. The Bertz CT molecular complexity index is 588. The van der Waals surface area contributed by atoms with Crippen LogP contribution < -0.4 is 11.4 Å². The van der Waals surface area contributed by atoms with Crippen LogP contribution in [0.1, 0.15) is 10.4 Å². The lowest BCUT2D eigenvalue weighted by Gasteiger charge is -1.98. The second-order valence-electron chi connectivity index (χ2n) is 2.93. The minimum atomic E-state index is -0.664. The van der Waals surface area contributed by atoms with Gasteiger partial charge in [0.05, 0.1) is 0 Å². The number of nitrogens with two attached hydrogens (primary N) is 1. The van der Waals surface area contributed by atoms with E-state index in [2.05, 4.69) is 4.98 Å². The van der Waals surface area contributed by atoms with Crippen LogP contribution in [0.25, 0.3) is 0 Å². The Labute approximate surface area is 99.3 Å². The Morgan fingerprint density at radius 2 is 2.00 bits per heavy atom. The molecule has 2 aromatic rings. The fourth-order valence-electron chi connectivity index (χ4n) is 1.13. The molecule has 1 aromatic heterocycles. The van der Waals surface area contributed by atoms with E-state index in [1.165, 1.54) is 12.1 Å². The molecule has 0 amide bonds. The third-order valence-corrected chi connectivity index (χ3v) is 2.87. The number of halogens is 1. The van der Waals surface area contributed by atoms with Gasteiger partial charge in [-0.05, 0) is 35.8 Å². The smallest absolute Gasteiger partial charge is 0.367 e. The molecule has 7 heteroatoms. The van der Waals surface area contributed by atoms with E-state index >= 15 is 0 Å². The zero-order valence-electron chi connectivity index (χ0n) is 7.88. The molecule has 2 N–H and O–H groups in total. The van der Waals surface area contributed by atoms with Crippen LogP contribution in [-0.2, 0) is 0 Å². The number of hydrogen-bond donors (Lipinski definition) is 1. The predicted octanol–water partition coefficient (Wildman–Crippen LogP) is 1.23. The molecule has 0 aliphatic heterocycles. The molecule has 1 aromatic carbocycles. The van der Waals surface area contributed by atoms with Crippen molar-refractivity contribution in [1.82, 2.24) is 8.94 Å². The van der Waals surface area contributed by atoms with E-state index < -0.39 is 11.6 Å². The lowest BCUT2D eigenvalue weighted by molar-refractivity contribution is 0.0967. The van der Waals surface area contributed by atoms with Crippen molar-refractivity contribution >= 4 is 34.2 Å². The van der Waals surface area contributed by atoms with Crippen LogP contribution in [0.5, 0.6) is 0 Å². The van der Waals surface area contributed by atoms with Crippen molar-refractivity contribution in [2.24, 2.45) is 0 Å². The lowest BCUT2D eigenvalue weighted by Crippen LogP contribution is -2.22. The Kier molecular flexibility index (Phi) is 2.76. The first-order valence-electron chi connectivity index (χ1n) is 4.24. The van der Waals surface area contributed by atoms with Gasteiger partial charge in [0, 0.05) is 10.6 Å². The first kappa shape index (κ1) is 10.8. The van der Waals surface area contributed by atoms with Gasteiger partial charge in [0.2, 0.25) is 5.13 Å². The molecule has 0 saturated carbocycles. The predicted molar refractivity (Wildman–Crippen MR) is 62.0 cm³/mol. The molecule has 0 radical (unpaired) electrons. The van der Waals surface area contributed by atoms with Crippen LogP contribution in [0.3, 0.4) is 0 Å². The monoisotopic (exact) mass is 255 g/mol. The quantitative estimate of drug-likeness (QED) is 0.831. The Morgan fingerprint density at radius 3 is 2.50 bits per heavy atom. The summed E-state index contributed by atoms with van der Waals surface area (Å²) in [6, 6.07) is 6.22. The molecule has 0 unspecified atom stereocenters. The highest BCUT2D eigenvalue weighted by molar-refractivity contribution is 7.11. The van der Waals surface area contributed by atoms with Crippen molar-refractivity contribution in [3.8, 4) is 0 Å². The van der Waals surface area contributed by atoms with E-state index in [1.54, 1.807) is 12.1 Å². The number of benzene rings is 1. The largest absolute Gasteiger partial charge is 0.374 e. The van der Waals surface area contributed by atoms with Crippen molar-refractivity contribution in [3.63, 3.8) is 0 Å². The summed E-state index contributed by atoms with van der Waals surface area (Å²) in [7, 11) is 0. The van der Waals surface area contributed by atoms with E-state index in [-0.39, 0.29) is 5.13 Å². The van der Waals surface area contributed by atoms with Crippen LogP contribution in [0, 0.1) is 0 Å². The number of anilines is 1. The summed E-state index contributed by atoms with van der Waals surface area (Å²) in [4.78, 5) is 26.5. The van der Waals surface area contributed by atoms with Crippen molar-refractivity contribution in [1.29, 1.82) is 0 Å². The third-order valence-electron chi connectivity index (χ3n) is 1.84. The van der Waals surface area contributed by atoms with E-state index in [9.17, 15) is 9.59 Å². The molecule has 82 valence electrons. The van der Waals surface area contributed by atoms with Gasteiger partial charge in [-0.3, -0.25) is 4.79 Å². The summed E-state index contributed by atoms with van der Waals surface area (Å²) in [5.74, 6) is -0.462. The van der Waals surface area contributed by atoms with Gasteiger partial charge >= 0.3 is 5.69 Å². The third kappa shape index (κ3) is 1.98. The number of carbonyl (C=O) groups excluding carboxylic acids is 1. The van der Waals surface area contributed by atoms with Crippen LogP contribution >= 0.6 is 23.1 Å². The second-order valence-corrected chi connectivity index (χ2v) is 4.33. The maximum Gasteiger partial charge on any atom is 0.367 e. The van der Waals surface area contributed by atoms with Gasteiger partial charge in [0.15, 0.2) is 0 Å². The van der Waals surface area contributed by atoms with Crippen molar-refractivity contribution in [2.45, 2.75) is 0 Å². The Morgan fingerprint density at radius 1 is 1.38 bits per heavy atom. The summed E-state index contributed by atoms with van der Waals surface area (Å²) in [5, 5.41) is 0.583. The molecule has 0 atom stereocenters. The van der Waals surface area contributed by atoms with Gasteiger partial charge in [-0.2, -0.15) is 8.94 Å². The van der Waals surface area contributed by atoms with Crippen molar-refractivity contribution < 1.29 is 4.79 Å². The molecular formula is C9H6ClN3O2S. The van der Waals surface area contributed by atoms with Gasteiger partial charge in [-0.25, -0.2) is 4.79 Å². The first-order chi connectivity index (χ1) is 7.58. The first-order valence-corrected chi connectivity index (χ1v) is 5.39. The highest BCUT2D eigenvalue weighted by Gasteiger charge is 2.13. The SMILES string of the molecule is Nc1nc(=O)n(C(=O)c2ccc(Cl)cc2)s1. The Balaban J connectivity index is 2.43. The molecule has 0 aliphatic carbocycles. The summed E-state index contributed by atoms with van der Waals surface area (Å²) in [5.41, 5.74) is 5.02. The molecule has 16 heavy (non-hydrogen) atoms. The van der Waals surface area contributed by atoms with Gasteiger partial charge in [-0.15, -0.1) is 0 Å². The number of nitrogen functional groups attached to an aromatic ring is 1. The van der Waals surface area contributed by atoms with Crippen LogP contribution in [0.15, 0.2) is 29.1 Å². The van der Waals surface area contributed by atoms with Crippen molar-refractivity contribution in [3.05, 3.63) is 45.3 Å². The van der Waals surface area contributed by atoms with Crippen LogP contribution in [0.2, 0.25) is 5.02 Å². The van der Waals surface area contributed by atoms with Gasteiger partial charge < -0.3 is 5.73 Å². The average molecular weight is 256 g/mol. The summed E-state index contributed by atoms with van der Waals surface area (Å²) >= 11 is 6.50. The molecule has 0 aliphatic rings. The molecular weight excluding hydrogens is 250 g/mol. The normalized spacial score (nSPS) is 10.3. The highest BCUT2D eigenvalue weighted by atomic mass is 35.5. The number of aromatic nitrogens is 2. The average Bonchev–Trinajstić information content (AvgIpc) is 2.58. The molecule has 0 bridgehead atoms. The van der Waals surface area contributed by atoms with Gasteiger partial charge in [0.1, 0.15) is 0 Å². The van der Waals surface area contributed by atoms with E-state index in [4.69, 9.17) is 17.3 Å². The number of rotatable bonds is 1. The van der Waals surface area contributed by atoms with E-state index in [0.717, 1.165) is 15.5 Å².